The quantitative estimate of drug-likeness (QED) is 0.809. The van der Waals surface area contributed by atoms with E-state index < -0.39 is 11.7 Å². The molecule has 1 unspecified atom stereocenters. The summed E-state index contributed by atoms with van der Waals surface area (Å²) in [6, 6.07) is 5.03. The summed E-state index contributed by atoms with van der Waals surface area (Å²) < 4.78 is 42.0. The first-order valence-corrected chi connectivity index (χ1v) is 5.95. The molecule has 1 aromatic rings. The number of halogens is 4. The molecule has 6 heteroatoms. The monoisotopic (exact) mass is 281 g/mol. The third-order valence-electron chi connectivity index (χ3n) is 2.43. The third-order valence-corrected chi connectivity index (χ3v) is 2.80. The van der Waals surface area contributed by atoms with Crippen molar-refractivity contribution < 1.29 is 17.9 Å². The highest BCUT2D eigenvalue weighted by Crippen LogP contribution is 2.29. The van der Waals surface area contributed by atoms with Crippen molar-refractivity contribution in [1.29, 1.82) is 0 Å². The summed E-state index contributed by atoms with van der Waals surface area (Å²) in [5.74, 6) is 0.383. The summed E-state index contributed by atoms with van der Waals surface area (Å²) in [6.07, 6.45) is -4.29. The molecule has 1 atom stereocenters. The zero-order valence-electron chi connectivity index (χ0n) is 9.93. The average molecular weight is 282 g/mol. The zero-order valence-corrected chi connectivity index (χ0v) is 10.7. The maximum absolute atomic E-state index is 12.3. The van der Waals surface area contributed by atoms with Gasteiger partial charge in [0.15, 0.2) is 0 Å². The Morgan fingerprint density at radius 2 is 1.89 bits per heavy atom. The van der Waals surface area contributed by atoms with Crippen molar-refractivity contribution in [1.82, 2.24) is 5.32 Å². The number of hydrogen-bond donors (Lipinski definition) is 1. The third kappa shape index (κ3) is 4.84. The molecule has 0 bridgehead atoms. The molecule has 0 aromatic heterocycles. The minimum absolute atomic E-state index is 0.0149. The second-order valence-corrected chi connectivity index (χ2v) is 4.19. The van der Waals surface area contributed by atoms with Crippen molar-refractivity contribution in [2.45, 2.75) is 18.8 Å². The smallest absolute Gasteiger partial charge is 0.383 e. The van der Waals surface area contributed by atoms with Crippen LogP contribution < -0.4 is 5.32 Å². The van der Waals surface area contributed by atoms with Crippen LogP contribution >= 0.6 is 11.6 Å². The lowest BCUT2D eigenvalue weighted by Gasteiger charge is -2.15. The molecule has 0 fully saturated rings. The highest BCUT2D eigenvalue weighted by atomic mass is 35.5. The van der Waals surface area contributed by atoms with Crippen LogP contribution in [-0.2, 0) is 17.5 Å². The minimum atomic E-state index is -4.29. The van der Waals surface area contributed by atoms with E-state index >= 15 is 0 Å². The first-order valence-electron chi connectivity index (χ1n) is 5.41. The summed E-state index contributed by atoms with van der Waals surface area (Å²) in [5, 5.41) is 3.11. The van der Waals surface area contributed by atoms with Gasteiger partial charge in [-0.3, -0.25) is 0 Å². The molecular weight excluding hydrogens is 267 g/mol. The number of benzene rings is 1. The normalized spacial score (nSPS) is 13.6. The largest absolute Gasteiger partial charge is 0.416 e. The van der Waals surface area contributed by atoms with Gasteiger partial charge in [0, 0.05) is 25.6 Å². The van der Waals surface area contributed by atoms with Crippen LogP contribution in [0.5, 0.6) is 0 Å². The number of nitrogens with one attached hydrogen (secondary N) is 1. The summed E-state index contributed by atoms with van der Waals surface area (Å²) in [5.41, 5.74) is 0.131. The van der Waals surface area contributed by atoms with Gasteiger partial charge in [-0.2, -0.15) is 13.2 Å². The first-order chi connectivity index (χ1) is 8.47. The summed E-state index contributed by atoms with van der Waals surface area (Å²) in [6.45, 7) is 0.920. The highest BCUT2D eigenvalue weighted by molar-refractivity contribution is 6.18. The second-order valence-electron chi connectivity index (χ2n) is 3.88. The van der Waals surface area contributed by atoms with Gasteiger partial charge >= 0.3 is 6.18 Å². The van der Waals surface area contributed by atoms with Crippen LogP contribution in [0, 0.1) is 0 Å². The fourth-order valence-electron chi connectivity index (χ4n) is 1.43. The van der Waals surface area contributed by atoms with E-state index in [1.54, 1.807) is 7.11 Å². The zero-order chi connectivity index (χ0) is 13.6. The van der Waals surface area contributed by atoms with Gasteiger partial charge in [-0.05, 0) is 17.7 Å². The lowest BCUT2D eigenvalue weighted by molar-refractivity contribution is -0.137. The Morgan fingerprint density at radius 1 is 1.28 bits per heavy atom. The molecule has 2 nitrogen and oxygen atoms in total. The Hall–Kier alpha value is -0.780. The lowest BCUT2D eigenvalue weighted by Crippen LogP contribution is -2.34. The number of methoxy groups -OCH3 is 1. The molecule has 0 aliphatic carbocycles. The fraction of sp³-hybridized carbons (Fsp3) is 0.500. The van der Waals surface area contributed by atoms with Gasteiger partial charge in [-0.15, -0.1) is 11.6 Å². The van der Waals surface area contributed by atoms with Crippen molar-refractivity contribution >= 4 is 11.6 Å². The molecule has 0 aliphatic heterocycles. The van der Waals surface area contributed by atoms with E-state index in [1.807, 2.05) is 0 Å². The van der Waals surface area contributed by atoms with Crippen molar-refractivity contribution in [3.63, 3.8) is 0 Å². The number of alkyl halides is 4. The van der Waals surface area contributed by atoms with Crippen LogP contribution in [0.25, 0.3) is 0 Å². The van der Waals surface area contributed by atoms with E-state index in [9.17, 15) is 13.2 Å². The summed E-state index contributed by atoms with van der Waals surface area (Å²) in [7, 11) is 1.57. The van der Waals surface area contributed by atoms with Crippen molar-refractivity contribution in [3.8, 4) is 0 Å². The Labute approximate surface area is 109 Å². The van der Waals surface area contributed by atoms with Crippen LogP contribution in [-0.4, -0.2) is 25.6 Å². The molecule has 0 heterocycles. The van der Waals surface area contributed by atoms with E-state index in [2.05, 4.69) is 5.32 Å². The molecule has 0 aliphatic rings. The van der Waals surface area contributed by atoms with Crippen molar-refractivity contribution in [2.75, 3.05) is 19.6 Å². The molecular formula is C12H15ClF3NO. The summed E-state index contributed by atoms with van der Waals surface area (Å²) in [4.78, 5) is 0. The first kappa shape index (κ1) is 15.3. The lowest BCUT2D eigenvalue weighted by atomic mass is 10.1. The Kier molecular flexibility index (Phi) is 5.91. The van der Waals surface area contributed by atoms with Crippen LogP contribution in [0.1, 0.15) is 11.1 Å². The molecule has 1 N–H and O–H groups in total. The SMILES string of the molecule is COCC(CCl)NCc1ccc(C(F)(F)F)cc1. The molecule has 1 rings (SSSR count). The molecule has 0 spiro atoms. The maximum atomic E-state index is 12.3. The molecule has 102 valence electrons. The van der Waals surface area contributed by atoms with Crippen LogP contribution in [0.3, 0.4) is 0 Å². The predicted molar refractivity (Wildman–Crippen MR) is 64.7 cm³/mol. The molecule has 18 heavy (non-hydrogen) atoms. The van der Waals surface area contributed by atoms with Gasteiger partial charge in [-0.1, -0.05) is 12.1 Å². The second kappa shape index (κ2) is 6.97. The molecule has 0 radical (unpaired) electrons. The number of hydrogen-bond acceptors (Lipinski definition) is 2. The van der Waals surface area contributed by atoms with E-state index in [4.69, 9.17) is 16.3 Å². The van der Waals surface area contributed by atoms with Crippen LogP contribution in [0.4, 0.5) is 13.2 Å². The average Bonchev–Trinajstić information content (AvgIpc) is 2.34. The van der Waals surface area contributed by atoms with Gasteiger partial charge in [-0.25, -0.2) is 0 Å². The van der Waals surface area contributed by atoms with Gasteiger partial charge in [0.25, 0.3) is 0 Å². The van der Waals surface area contributed by atoms with Gasteiger partial charge in [0.2, 0.25) is 0 Å². The van der Waals surface area contributed by atoms with Gasteiger partial charge in [0.1, 0.15) is 0 Å². The standard InChI is InChI=1S/C12H15ClF3NO/c1-18-8-11(6-13)17-7-9-2-4-10(5-3-9)12(14,15)16/h2-5,11,17H,6-8H2,1H3. The molecule has 0 amide bonds. The number of rotatable bonds is 6. The highest BCUT2D eigenvalue weighted by Gasteiger charge is 2.29. The Morgan fingerprint density at radius 3 is 2.33 bits per heavy atom. The van der Waals surface area contributed by atoms with Crippen molar-refractivity contribution in [3.05, 3.63) is 35.4 Å². The van der Waals surface area contributed by atoms with Crippen LogP contribution in [0.15, 0.2) is 24.3 Å². The van der Waals surface area contributed by atoms with E-state index in [-0.39, 0.29) is 6.04 Å². The maximum Gasteiger partial charge on any atom is 0.416 e. The van der Waals surface area contributed by atoms with E-state index in [0.29, 0.717) is 19.0 Å². The Bertz CT molecular complexity index is 353. The molecule has 0 saturated carbocycles. The molecule has 1 aromatic carbocycles. The predicted octanol–water partition coefficient (Wildman–Crippen LogP) is 3.05. The summed E-state index contributed by atoms with van der Waals surface area (Å²) >= 11 is 5.71. The number of ether oxygens (including phenoxy) is 1. The fourth-order valence-corrected chi connectivity index (χ4v) is 1.63. The van der Waals surface area contributed by atoms with E-state index in [1.165, 1.54) is 12.1 Å². The van der Waals surface area contributed by atoms with Crippen molar-refractivity contribution in [2.24, 2.45) is 0 Å². The van der Waals surface area contributed by atoms with Crippen LogP contribution in [0.2, 0.25) is 0 Å². The minimum Gasteiger partial charge on any atom is -0.383 e. The topological polar surface area (TPSA) is 21.3 Å². The van der Waals surface area contributed by atoms with E-state index in [0.717, 1.165) is 17.7 Å². The van der Waals surface area contributed by atoms with Gasteiger partial charge in [0.05, 0.1) is 12.2 Å². The van der Waals surface area contributed by atoms with Gasteiger partial charge < -0.3 is 10.1 Å². The molecule has 0 saturated heterocycles. The Balaban J connectivity index is 2.53.